The molecule has 2 heterocycles. The first-order valence-corrected chi connectivity index (χ1v) is 5.05. The number of fused-ring (bicyclic) bond motifs is 3. The third-order valence-electron chi connectivity index (χ3n) is 2.71. The van der Waals surface area contributed by atoms with Crippen molar-refractivity contribution in [3.05, 3.63) is 40.0 Å². The van der Waals surface area contributed by atoms with Gasteiger partial charge in [0.05, 0.1) is 5.52 Å². The average molecular weight is 214 g/mol. The van der Waals surface area contributed by atoms with Crippen LogP contribution >= 0.6 is 0 Å². The quantitative estimate of drug-likeness (QED) is 0.624. The van der Waals surface area contributed by atoms with E-state index < -0.39 is 0 Å². The summed E-state index contributed by atoms with van der Waals surface area (Å²) in [6.07, 6.45) is 0. The van der Waals surface area contributed by atoms with Gasteiger partial charge >= 0.3 is 0 Å². The second-order valence-corrected chi connectivity index (χ2v) is 3.86. The number of aromatic nitrogens is 2. The number of nitrogens with one attached hydrogen (secondary N) is 1. The van der Waals surface area contributed by atoms with Crippen molar-refractivity contribution in [3.8, 4) is 0 Å². The Labute approximate surface area is 90.9 Å². The smallest absolute Gasteiger partial charge is 0.278 e. The zero-order valence-electron chi connectivity index (χ0n) is 9.00. The second-order valence-electron chi connectivity index (χ2n) is 3.86. The Bertz CT molecular complexity index is 753. The molecule has 0 spiro atoms. The molecule has 0 aliphatic rings. The average Bonchev–Trinajstić information content (AvgIpc) is 2.63. The van der Waals surface area contributed by atoms with Gasteiger partial charge in [-0.15, -0.1) is 0 Å². The maximum absolute atomic E-state index is 11.8. The Balaban J connectivity index is 2.69. The number of nitrogens with zero attached hydrogens (tertiary/aromatic N) is 1. The predicted molar refractivity (Wildman–Crippen MR) is 61.6 cm³/mol. The van der Waals surface area contributed by atoms with E-state index in [1.165, 1.54) is 0 Å². The predicted octanol–water partition coefficient (Wildman–Crippen LogP) is 2.29. The first-order chi connectivity index (χ1) is 7.66. The van der Waals surface area contributed by atoms with Gasteiger partial charge in [-0.05, 0) is 18.6 Å². The van der Waals surface area contributed by atoms with Gasteiger partial charge in [-0.25, -0.2) is 4.98 Å². The van der Waals surface area contributed by atoms with E-state index in [2.05, 4.69) is 9.97 Å². The lowest BCUT2D eigenvalue weighted by atomic mass is 10.1. The summed E-state index contributed by atoms with van der Waals surface area (Å²) >= 11 is 0. The van der Waals surface area contributed by atoms with Gasteiger partial charge < -0.3 is 9.40 Å². The molecular formula is C12H10N2O2. The molecule has 4 heteroatoms. The topological polar surface area (TPSA) is 58.9 Å². The molecule has 0 aliphatic heterocycles. The van der Waals surface area contributed by atoms with Gasteiger partial charge in [0, 0.05) is 12.3 Å². The van der Waals surface area contributed by atoms with Crippen molar-refractivity contribution in [3.63, 3.8) is 0 Å². The Morgan fingerprint density at radius 1 is 1.31 bits per heavy atom. The molecule has 16 heavy (non-hydrogen) atoms. The summed E-state index contributed by atoms with van der Waals surface area (Å²) in [5.74, 6) is 0.509. The molecule has 80 valence electrons. The second kappa shape index (κ2) is 2.95. The van der Waals surface area contributed by atoms with Crippen molar-refractivity contribution in [2.45, 2.75) is 13.8 Å². The third-order valence-corrected chi connectivity index (χ3v) is 2.71. The molecule has 2 aromatic heterocycles. The summed E-state index contributed by atoms with van der Waals surface area (Å²) < 4.78 is 5.49. The van der Waals surface area contributed by atoms with Crippen LogP contribution in [0, 0.1) is 13.8 Å². The van der Waals surface area contributed by atoms with Crippen LogP contribution in [0.1, 0.15) is 11.5 Å². The monoisotopic (exact) mass is 214 g/mol. The van der Waals surface area contributed by atoms with Crippen LogP contribution in [0.25, 0.3) is 22.0 Å². The molecule has 0 amide bonds. The van der Waals surface area contributed by atoms with Crippen molar-refractivity contribution >= 4 is 22.0 Å². The normalized spacial score (nSPS) is 11.4. The maximum Gasteiger partial charge on any atom is 0.278 e. The molecule has 0 saturated heterocycles. The number of aryl methyl sites for hydroxylation is 2. The van der Waals surface area contributed by atoms with Crippen molar-refractivity contribution in [2.24, 2.45) is 0 Å². The number of benzene rings is 1. The van der Waals surface area contributed by atoms with E-state index in [0.717, 1.165) is 16.5 Å². The number of para-hydroxylation sites is 1. The van der Waals surface area contributed by atoms with Gasteiger partial charge in [-0.3, -0.25) is 4.79 Å². The Kier molecular flexibility index (Phi) is 1.68. The van der Waals surface area contributed by atoms with Crippen LogP contribution in [0.2, 0.25) is 0 Å². The van der Waals surface area contributed by atoms with E-state index in [-0.39, 0.29) is 5.56 Å². The molecule has 0 fully saturated rings. The summed E-state index contributed by atoms with van der Waals surface area (Å²) in [5.41, 5.74) is 2.57. The summed E-state index contributed by atoms with van der Waals surface area (Å²) in [6, 6.07) is 5.81. The van der Waals surface area contributed by atoms with Crippen LogP contribution in [0.5, 0.6) is 0 Å². The van der Waals surface area contributed by atoms with Crippen LogP contribution in [-0.2, 0) is 0 Å². The SMILES string of the molecule is Cc1nc2c(=O)[nH]c3c(C)cccc3c2o1. The minimum atomic E-state index is -0.200. The minimum absolute atomic E-state index is 0.200. The highest BCUT2D eigenvalue weighted by Crippen LogP contribution is 2.23. The van der Waals surface area contributed by atoms with Gasteiger partial charge in [0.1, 0.15) is 0 Å². The fourth-order valence-corrected chi connectivity index (χ4v) is 1.96. The lowest BCUT2D eigenvalue weighted by molar-refractivity contribution is 0.563. The molecule has 1 aromatic carbocycles. The Morgan fingerprint density at radius 2 is 2.12 bits per heavy atom. The summed E-state index contributed by atoms with van der Waals surface area (Å²) in [6.45, 7) is 3.69. The number of H-pyrrole nitrogens is 1. The first kappa shape index (κ1) is 9.15. The lowest BCUT2D eigenvalue weighted by Gasteiger charge is -2.00. The zero-order valence-corrected chi connectivity index (χ0v) is 9.00. The fourth-order valence-electron chi connectivity index (χ4n) is 1.96. The third kappa shape index (κ3) is 1.10. The molecule has 4 nitrogen and oxygen atoms in total. The molecule has 0 bridgehead atoms. The van der Waals surface area contributed by atoms with E-state index in [4.69, 9.17) is 4.42 Å². The molecule has 3 rings (SSSR count). The highest BCUT2D eigenvalue weighted by Gasteiger charge is 2.11. The number of rotatable bonds is 0. The van der Waals surface area contributed by atoms with Gasteiger partial charge in [-0.2, -0.15) is 0 Å². The minimum Gasteiger partial charge on any atom is -0.440 e. The number of aromatic amines is 1. The molecule has 0 aliphatic carbocycles. The summed E-state index contributed by atoms with van der Waals surface area (Å²) in [7, 11) is 0. The molecular weight excluding hydrogens is 204 g/mol. The van der Waals surface area contributed by atoms with E-state index in [1.54, 1.807) is 6.92 Å². The van der Waals surface area contributed by atoms with Gasteiger partial charge in [0.2, 0.25) is 0 Å². The van der Waals surface area contributed by atoms with E-state index in [1.807, 2.05) is 25.1 Å². The zero-order chi connectivity index (χ0) is 11.3. The standard InChI is InChI=1S/C12H10N2O2/c1-6-4-3-5-8-9(6)14-12(15)10-11(8)16-7(2)13-10/h3-5H,1-2H3,(H,14,15). The van der Waals surface area contributed by atoms with Gasteiger partial charge in [0.15, 0.2) is 17.0 Å². The van der Waals surface area contributed by atoms with Crippen LogP contribution in [0.15, 0.2) is 27.4 Å². The summed E-state index contributed by atoms with van der Waals surface area (Å²) in [5, 5.41) is 0.898. The number of oxazole rings is 1. The molecule has 3 aromatic rings. The Hall–Kier alpha value is -2.10. The summed E-state index contributed by atoms with van der Waals surface area (Å²) in [4.78, 5) is 18.7. The van der Waals surface area contributed by atoms with Gasteiger partial charge in [-0.1, -0.05) is 12.1 Å². The van der Waals surface area contributed by atoms with E-state index in [9.17, 15) is 4.79 Å². The van der Waals surface area contributed by atoms with Crippen LogP contribution in [0.4, 0.5) is 0 Å². The van der Waals surface area contributed by atoms with Crippen molar-refractivity contribution in [1.29, 1.82) is 0 Å². The molecule has 0 saturated carbocycles. The molecule has 0 radical (unpaired) electrons. The maximum atomic E-state index is 11.8. The van der Waals surface area contributed by atoms with Crippen molar-refractivity contribution in [1.82, 2.24) is 9.97 Å². The molecule has 0 unspecified atom stereocenters. The Morgan fingerprint density at radius 3 is 2.94 bits per heavy atom. The lowest BCUT2D eigenvalue weighted by Crippen LogP contribution is -2.06. The fraction of sp³-hybridized carbons (Fsp3) is 0.167. The van der Waals surface area contributed by atoms with Crippen molar-refractivity contribution < 1.29 is 4.42 Å². The molecule has 0 atom stereocenters. The first-order valence-electron chi connectivity index (χ1n) is 5.05. The van der Waals surface area contributed by atoms with Crippen LogP contribution < -0.4 is 5.56 Å². The number of hydrogen-bond acceptors (Lipinski definition) is 3. The highest BCUT2D eigenvalue weighted by atomic mass is 16.3. The van der Waals surface area contributed by atoms with Crippen LogP contribution in [0.3, 0.4) is 0 Å². The van der Waals surface area contributed by atoms with E-state index in [0.29, 0.717) is 17.0 Å². The van der Waals surface area contributed by atoms with E-state index >= 15 is 0 Å². The van der Waals surface area contributed by atoms with Gasteiger partial charge in [0.25, 0.3) is 5.56 Å². The largest absolute Gasteiger partial charge is 0.440 e. The van der Waals surface area contributed by atoms with Crippen molar-refractivity contribution in [2.75, 3.05) is 0 Å². The highest BCUT2D eigenvalue weighted by molar-refractivity contribution is 6.01. The number of pyridine rings is 1. The number of hydrogen-bond donors (Lipinski definition) is 1. The van der Waals surface area contributed by atoms with Crippen LogP contribution in [-0.4, -0.2) is 9.97 Å². The molecule has 1 N–H and O–H groups in total.